The van der Waals surface area contributed by atoms with Gasteiger partial charge in [-0.2, -0.15) is 0 Å². The zero-order valence-corrected chi connectivity index (χ0v) is 14.1. The van der Waals surface area contributed by atoms with Gasteiger partial charge in [0, 0.05) is 12.6 Å². The first kappa shape index (κ1) is 17.9. The molecule has 3 heteroatoms. The summed E-state index contributed by atoms with van der Waals surface area (Å²) in [5.74, 6) is 0.673. The zero-order valence-electron chi connectivity index (χ0n) is 14.1. The standard InChI is InChI=1S/C17H36N2O/c1-5-8-12-19(15(4)7-3)13-17(14-20,16-9-10-16)18-11-6-2/h15-16,18,20H,5-14H2,1-4H3. The predicted octanol–water partition coefficient (Wildman–Crippen LogP) is 3.03. The topological polar surface area (TPSA) is 35.5 Å². The van der Waals surface area contributed by atoms with Crippen molar-refractivity contribution >= 4 is 0 Å². The molecule has 1 saturated carbocycles. The van der Waals surface area contributed by atoms with E-state index in [1.54, 1.807) is 0 Å². The smallest absolute Gasteiger partial charge is 0.0628 e. The summed E-state index contributed by atoms with van der Waals surface area (Å²) in [5, 5.41) is 13.7. The van der Waals surface area contributed by atoms with E-state index in [2.05, 4.69) is 37.9 Å². The Balaban J connectivity index is 2.71. The molecule has 0 heterocycles. The molecule has 120 valence electrons. The van der Waals surface area contributed by atoms with Gasteiger partial charge in [0.05, 0.1) is 12.1 Å². The molecule has 0 aliphatic heterocycles. The van der Waals surface area contributed by atoms with Gasteiger partial charge in [-0.1, -0.05) is 27.2 Å². The maximum atomic E-state index is 10.1. The molecule has 2 unspecified atom stereocenters. The number of nitrogens with zero attached hydrogens (tertiary/aromatic N) is 1. The van der Waals surface area contributed by atoms with E-state index < -0.39 is 0 Å². The monoisotopic (exact) mass is 284 g/mol. The molecule has 0 aromatic heterocycles. The SMILES string of the molecule is CCCCN(CC(CO)(NCCC)C1CC1)C(C)CC. The van der Waals surface area contributed by atoms with E-state index in [-0.39, 0.29) is 12.1 Å². The summed E-state index contributed by atoms with van der Waals surface area (Å²) in [4.78, 5) is 2.60. The van der Waals surface area contributed by atoms with E-state index in [9.17, 15) is 5.11 Å². The van der Waals surface area contributed by atoms with Crippen molar-refractivity contribution in [3.63, 3.8) is 0 Å². The average molecular weight is 284 g/mol. The van der Waals surface area contributed by atoms with Crippen LogP contribution in [0.25, 0.3) is 0 Å². The van der Waals surface area contributed by atoms with Crippen LogP contribution in [-0.2, 0) is 0 Å². The summed E-state index contributed by atoms with van der Waals surface area (Å²) in [6, 6.07) is 0.606. The van der Waals surface area contributed by atoms with Gasteiger partial charge in [0.15, 0.2) is 0 Å². The van der Waals surface area contributed by atoms with Gasteiger partial charge in [-0.15, -0.1) is 0 Å². The third-order valence-corrected chi connectivity index (χ3v) is 4.87. The third kappa shape index (κ3) is 5.01. The fourth-order valence-corrected chi connectivity index (χ4v) is 3.01. The van der Waals surface area contributed by atoms with Crippen molar-refractivity contribution in [1.29, 1.82) is 0 Å². The molecular formula is C17H36N2O. The van der Waals surface area contributed by atoms with Gasteiger partial charge in [0.1, 0.15) is 0 Å². The van der Waals surface area contributed by atoms with Crippen LogP contribution in [0, 0.1) is 5.92 Å². The van der Waals surface area contributed by atoms with Crippen molar-refractivity contribution in [1.82, 2.24) is 10.2 Å². The quantitative estimate of drug-likeness (QED) is 0.578. The largest absolute Gasteiger partial charge is 0.394 e. The van der Waals surface area contributed by atoms with Crippen molar-refractivity contribution in [2.75, 3.05) is 26.2 Å². The minimum Gasteiger partial charge on any atom is -0.394 e. The highest BCUT2D eigenvalue weighted by molar-refractivity contribution is 5.03. The minimum absolute atomic E-state index is 0.0623. The number of nitrogens with one attached hydrogen (secondary N) is 1. The Morgan fingerprint density at radius 3 is 2.40 bits per heavy atom. The Morgan fingerprint density at radius 1 is 1.25 bits per heavy atom. The van der Waals surface area contributed by atoms with Crippen LogP contribution in [0.15, 0.2) is 0 Å². The maximum absolute atomic E-state index is 10.1. The van der Waals surface area contributed by atoms with Crippen molar-refractivity contribution in [2.24, 2.45) is 5.92 Å². The van der Waals surface area contributed by atoms with E-state index >= 15 is 0 Å². The second-order valence-electron chi connectivity index (χ2n) is 6.60. The molecule has 1 aliphatic rings. The number of rotatable bonds is 12. The first-order valence-electron chi connectivity index (χ1n) is 8.73. The number of unbranched alkanes of at least 4 members (excludes halogenated alkanes) is 1. The molecule has 0 radical (unpaired) electrons. The molecule has 20 heavy (non-hydrogen) atoms. The minimum atomic E-state index is -0.0623. The lowest BCUT2D eigenvalue weighted by Gasteiger charge is -2.41. The third-order valence-electron chi connectivity index (χ3n) is 4.87. The van der Waals surface area contributed by atoms with Crippen LogP contribution in [-0.4, -0.2) is 47.8 Å². The van der Waals surface area contributed by atoms with E-state index in [1.165, 1.54) is 32.1 Å². The second kappa shape index (κ2) is 9.01. The molecule has 1 fully saturated rings. The van der Waals surface area contributed by atoms with Crippen molar-refractivity contribution in [2.45, 2.75) is 77.8 Å². The Kier molecular flexibility index (Phi) is 8.08. The molecule has 1 rings (SSSR count). The van der Waals surface area contributed by atoms with Gasteiger partial charge in [0.25, 0.3) is 0 Å². The summed E-state index contributed by atoms with van der Waals surface area (Å²) >= 11 is 0. The van der Waals surface area contributed by atoms with Crippen LogP contribution in [0.2, 0.25) is 0 Å². The van der Waals surface area contributed by atoms with Crippen LogP contribution in [0.1, 0.15) is 66.2 Å². The summed E-state index contributed by atoms with van der Waals surface area (Å²) in [6.45, 7) is 12.5. The van der Waals surface area contributed by atoms with Crippen LogP contribution in [0.4, 0.5) is 0 Å². The van der Waals surface area contributed by atoms with Crippen LogP contribution in [0.3, 0.4) is 0 Å². The van der Waals surface area contributed by atoms with Gasteiger partial charge in [0.2, 0.25) is 0 Å². The van der Waals surface area contributed by atoms with Gasteiger partial charge in [-0.25, -0.2) is 0 Å². The number of hydrogen-bond acceptors (Lipinski definition) is 3. The predicted molar refractivity (Wildman–Crippen MR) is 87.1 cm³/mol. The van der Waals surface area contributed by atoms with Crippen LogP contribution in [0.5, 0.6) is 0 Å². The molecule has 0 aromatic rings. The molecule has 1 aliphatic carbocycles. The Labute approximate surface area is 126 Å². The Morgan fingerprint density at radius 2 is 1.95 bits per heavy atom. The highest BCUT2D eigenvalue weighted by atomic mass is 16.3. The zero-order chi connectivity index (χ0) is 15.0. The fraction of sp³-hybridized carbons (Fsp3) is 1.00. The Bertz CT molecular complexity index is 255. The molecule has 3 nitrogen and oxygen atoms in total. The fourth-order valence-electron chi connectivity index (χ4n) is 3.01. The lowest BCUT2D eigenvalue weighted by Crippen LogP contribution is -2.59. The first-order valence-corrected chi connectivity index (χ1v) is 8.73. The highest BCUT2D eigenvalue weighted by Gasteiger charge is 2.45. The number of hydrogen-bond donors (Lipinski definition) is 2. The molecule has 0 bridgehead atoms. The number of aliphatic hydroxyl groups excluding tert-OH is 1. The number of aliphatic hydroxyl groups is 1. The molecule has 0 saturated heterocycles. The average Bonchev–Trinajstić information content (AvgIpc) is 3.31. The lowest BCUT2D eigenvalue weighted by atomic mass is 9.92. The molecule has 0 spiro atoms. The molecule has 2 N–H and O–H groups in total. The van der Waals surface area contributed by atoms with E-state index in [0.717, 1.165) is 26.1 Å². The Hall–Kier alpha value is -0.120. The summed E-state index contributed by atoms with van der Waals surface area (Å²) in [6.07, 6.45) is 7.37. The van der Waals surface area contributed by atoms with Gasteiger partial charge in [-0.3, -0.25) is 4.90 Å². The van der Waals surface area contributed by atoms with Crippen molar-refractivity contribution in [3.05, 3.63) is 0 Å². The molecular weight excluding hydrogens is 248 g/mol. The second-order valence-corrected chi connectivity index (χ2v) is 6.60. The summed E-state index contributed by atoms with van der Waals surface area (Å²) < 4.78 is 0. The maximum Gasteiger partial charge on any atom is 0.0628 e. The molecule has 0 amide bonds. The summed E-state index contributed by atoms with van der Waals surface area (Å²) in [7, 11) is 0. The summed E-state index contributed by atoms with van der Waals surface area (Å²) in [5.41, 5.74) is -0.0623. The lowest BCUT2D eigenvalue weighted by molar-refractivity contribution is 0.0714. The van der Waals surface area contributed by atoms with Crippen LogP contribution >= 0.6 is 0 Å². The van der Waals surface area contributed by atoms with Crippen LogP contribution < -0.4 is 5.32 Å². The first-order chi connectivity index (χ1) is 9.63. The normalized spacial score (nSPS) is 20.1. The van der Waals surface area contributed by atoms with Gasteiger partial charge < -0.3 is 10.4 Å². The van der Waals surface area contributed by atoms with Gasteiger partial charge in [-0.05, 0) is 58.0 Å². The van der Waals surface area contributed by atoms with Gasteiger partial charge >= 0.3 is 0 Å². The van der Waals surface area contributed by atoms with Crippen molar-refractivity contribution in [3.8, 4) is 0 Å². The van der Waals surface area contributed by atoms with E-state index in [0.29, 0.717) is 12.0 Å². The van der Waals surface area contributed by atoms with E-state index in [4.69, 9.17) is 0 Å². The molecule has 0 aromatic carbocycles. The molecule has 2 atom stereocenters. The van der Waals surface area contributed by atoms with E-state index in [1.807, 2.05) is 0 Å². The van der Waals surface area contributed by atoms with Crippen molar-refractivity contribution < 1.29 is 5.11 Å². The highest BCUT2D eigenvalue weighted by Crippen LogP contribution is 2.40.